The van der Waals surface area contributed by atoms with E-state index in [1.807, 2.05) is 4.98 Å². The van der Waals surface area contributed by atoms with Crippen molar-refractivity contribution in [1.29, 1.82) is 0 Å². The predicted octanol–water partition coefficient (Wildman–Crippen LogP) is 4.70. The average Bonchev–Trinajstić information content (AvgIpc) is 3.32. The first kappa shape index (κ1) is 42.5. The molecule has 0 saturated carbocycles. The molecule has 17 nitrogen and oxygen atoms in total. The van der Waals surface area contributed by atoms with Crippen LogP contribution in [0.1, 0.15) is 47.8 Å². The molecule has 2 unspecified atom stereocenters. The number of H-pyrrole nitrogens is 1. The van der Waals surface area contributed by atoms with E-state index < -0.39 is 93.9 Å². The average molecular weight is 803 g/mol. The third-order valence-corrected chi connectivity index (χ3v) is 10.5. The fraction of sp³-hybridized carbons (Fsp3) is 0.455. The number of ether oxygens (including phenoxy) is 3. The Labute approximate surface area is 308 Å². The summed E-state index contributed by atoms with van der Waals surface area (Å²) in [5.41, 5.74) is -2.19. The predicted molar refractivity (Wildman–Crippen MR) is 188 cm³/mol. The van der Waals surface area contributed by atoms with Gasteiger partial charge in [0.15, 0.2) is 6.10 Å². The summed E-state index contributed by atoms with van der Waals surface area (Å²) in [6, 6.07) is 12.8. The van der Waals surface area contributed by atoms with Crippen LogP contribution in [0.4, 0.5) is 8.78 Å². The van der Waals surface area contributed by atoms with Crippen molar-refractivity contribution in [3.8, 4) is 11.5 Å². The number of aromatic nitrogens is 2. The molecule has 0 aliphatic carbocycles. The molecule has 2 aromatic carbocycles. The van der Waals surface area contributed by atoms with Crippen LogP contribution in [0.25, 0.3) is 0 Å². The molecule has 1 aliphatic heterocycles. The molecule has 0 bridgehead atoms. The van der Waals surface area contributed by atoms with Gasteiger partial charge >= 0.3 is 39.0 Å². The van der Waals surface area contributed by atoms with Crippen molar-refractivity contribution in [2.75, 3.05) is 6.61 Å². The van der Waals surface area contributed by atoms with Crippen LogP contribution in [-0.2, 0) is 42.0 Å². The molecule has 1 saturated heterocycles. The van der Waals surface area contributed by atoms with Gasteiger partial charge in [0.05, 0.1) is 18.8 Å². The van der Waals surface area contributed by atoms with E-state index in [0.29, 0.717) is 4.57 Å². The number of carbonyl (C=O) groups excluding carboxylic acids is 2. The van der Waals surface area contributed by atoms with Gasteiger partial charge in [0.1, 0.15) is 29.7 Å². The first-order chi connectivity index (χ1) is 25.3. The minimum absolute atomic E-state index is 0.00636. The molecule has 1 fully saturated rings. The second-order valence-electron chi connectivity index (χ2n) is 12.5. The second kappa shape index (κ2) is 17.9. The highest BCUT2D eigenvalue weighted by molar-refractivity contribution is 7.52. The van der Waals surface area contributed by atoms with E-state index in [1.165, 1.54) is 50.2 Å². The van der Waals surface area contributed by atoms with Crippen LogP contribution in [0, 0.1) is 0 Å². The number of nitrogens with zero attached hydrogens (tertiary/aromatic N) is 1. The van der Waals surface area contributed by atoms with Crippen LogP contribution in [0.3, 0.4) is 0 Å². The van der Waals surface area contributed by atoms with Crippen LogP contribution < -0.4 is 30.5 Å². The summed E-state index contributed by atoms with van der Waals surface area (Å²) < 4.78 is 100. The molecule has 3 N–H and O–H groups in total. The smallest absolute Gasteiger partial charge is 0.460 e. The lowest BCUT2D eigenvalue weighted by Crippen LogP contribution is -2.46. The van der Waals surface area contributed by atoms with Gasteiger partial charge in [0.25, 0.3) is 5.56 Å². The summed E-state index contributed by atoms with van der Waals surface area (Å²) in [4.78, 5) is 51.7. The standard InChI is InChI=1S/C33H42F2N4O13P2/c1-20(2)47-29(41)22(5)37-53(44,50-24-13-9-7-10-14-24)46-19-26-28(33(34,35)31(49-26)39-18-17-27(40)36-32(39)43)52-54(45,51-25-15-11-8-12-16-25)38-23(6)30(42)48-21(3)4/h7-18,20-23,26,28,31H,19H2,1-6H3,(H,37,44)(H,38,45)(H,36,40,43)/t22-,23-,26+,28+,31+,53?,54?/m0/s1. The van der Waals surface area contributed by atoms with Crippen LogP contribution in [0.5, 0.6) is 11.5 Å². The normalized spacial score (nSPS) is 21.4. The third kappa shape index (κ3) is 11.4. The molecule has 1 aromatic heterocycles. The molecule has 2 heterocycles. The highest BCUT2D eigenvalue weighted by atomic mass is 31.2. The van der Waals surface area contributed by atoms with E-state index in [9.17, 15) is 28.3 Å². The van der Waals surface area contributed by atoms with Gasteiger partial charge in [-0.05, 0) is 65.8 Å². The number of benzene rings is 2. The molecule has 0 spiro atoms. The summed E-state index contributed by atoms with van der Waals surface area (Å²) in [6.07, 6.45) is -7.62. The Morgan fingerprint density at radius 1 is 0.815 bits per heavy atom. The van der Waals surface area contributed by atoms with Crippen LogP contribution in [-0.4, -0.2) is 70.5 Å². The molecule has 296 valence electrons. The SMILES string of the molecule is CC(C)OC(=O)[C@H](C)NP(=O)(OC[C@H]1O[C@@H](n2ccc(=O)[nH]c2=O)C(F)(F)[C@@H]1OP(=O)(N[C@@H](C)C(=O)OC(C)C)Oc1ccccc1)Oc1ccccc1. The molecule has 54 heavy (non-hydrogen) atoms. The summed E-state index contributed by atoms with van der Waals surface area (Å²) in [6.45, 7) is 7.75. The van der Waals surface area contributed by atoms with Crippen molar-refractivity contribution in [3.05, 3.63) is 93.8 Å². The molecule has 7 atom stereocenters. The van der Waals surface area contributed by atoms with E-state index in [2.05, 4.69) is 10.2 Å². The quantitative estimate of drug-likeness (QED) is 0.118. The van der Waals surface area contributed by atoms with Gasteiger partial charge in [-0.15, -0.1) is 0 Å². The fourth-order valence-corrected chi connectivity index (χ4v) is 8.03. The van der Waals surface area contributed by atoms with E-state index in [1.54, 1.807) is 52.0 Å². The lowest BCUT2D eigenvalue weighted by Gasteiger charge is -2.30. The number of esters is 2. The zero-order valence-electron chi connectivity index (χ0n) is 30.1. The van der Waals surface area contributed by atoms with E-state index in [0.717, 1.165) is 12.3 Å². The molecular weight excluding hydrogens is 760 g/mol. The molecule has 1 aliphatic rings. The lowest BCUT2D eigenvalue weighted by molar-refractivity contribution is -0.150. The topological polar surface area (TPSA) is 212 Å². The number of hydrogen-bond donors (Lipinski definition) is 3. The maximum atomic E-state index is 16.6. The Balaban J connectivity index is 1.74. The zero-order chi connectivity index (χ0) is 39.8. The monoisotopic (exact) mass is 802 g/mol. The van der Waals surface area contributed by atoms with Gasteiger partial charge in [-0.1, -0.05) is 36.4 Å². The van der Waals surface area contributed by atoms with Gasteiger partial charge in [0, 0.05) is 12.3 Å². The first-order valence-electron chi connectivity index (χ1n) is 16.6. The largest absolute Gasteiger partial charge is 0.462 e. The van der Waals surface area contributed by atoms with E-state index >= 15 is 8.78 Å². The summed E-state index contributed by atoms with van der Waals surface area (Å²) in [5, 5.41) is 4.73. The highest BCUT2D eigenvalue weighted by Crippen LogP contribution is 2.55. The molecular formula is C33H42F2N4O13P2. The summed E-state index contributed by atoms with van der Waals surface area (Å²) in [5.74, 6) is -6.18. The van der Waals surface area contributed by atoms with Crippen molar-refractivity contribution < 1.29 is 59.8 Å². The van der Waals surface area contributed by atoms with E-state index in [4.69, 9.17) is 32.3 Å². The van der Waals surface area contributed by atoms with Crippen LogP contribution >= 0.6 is 15.5 Å². The van der Waals surface area contributed by atoms with Gasteiger partial charge in [-0.2, -0.15) is 19.0 Å². The first-order valence-corrected chi connectivity index (χ1v) is 19.7. The fourth-order valence-electron chi connectivity index (χ4n) is 4.82. The number of rotatable bonds is 18. The Kier molecular flexibility index (Phi) is 14.1. The minimum atomic E-state index is -5.06. The molecule has 3 aromatic rings. The third-order valence-electron chi connectivity index (χ3n) is 7.17. The van der Waals surface area contributed by atoms with Gasteiger partial charge in [0.2, 0.25) is 6.23 Å². The number of carbonyl (C=O) groups is 2. The maximum absolute atomic E-state index is 16.6. The number of hydrogen-bond acceptors (Lipinski definition) is 13. The Bertz CT molecular complexity index is 1950. The van der Waals surface area contributed by atoms with Crippen molar-refractivity contribution in [3.63, 3.8) is 0 Å². The number of nitrogens with one attached hydrogen (secondary N) is 3. The number of halogens is 2. The van der Waals surface area contributed by atoms with Crippen molar-refractivity contribution in [2.24, 2.45) is 0 Å². The van der Waals surface area contributed by atoms with E-state index in [-0.39, 0.29) is 11.5 Å². The number of alkyl halides is 2. The van der Waals surface area contributed by atoms with Gasteiger partial charge in [-0.3, -0.25) is 33.0 Å². The Hall–Kier alpha value is -4.22. The van der Waals surface area contributed by atoms with Crippen LogP contribution in [0.15, 0.2) is 82.5 Å². The van der Waals surface area contributed by atoms with Crippen molar-refractivity contribution >= 4 is 27.4 Å². The molecule has 4 rings (SSSR count). The molecule has 0 amide bonds. The lowest BCUT2D eigenvalue weighted by atomic mass is 10.1. The Morgan fingerprint density at radius 3 is 1.78 bits per heavy atom. The van der Waals surface area contributed by atoms with Gasteiger partial charge in [-0.25, -0.2) is 13.9 Å². The van der Waals surface area contributed by atoms with Gasteiger partial charge < -0.3 is 23.3 Å². The maximum Gasteiger partial charge on any atom is 0.460 e. The molecule has 0 radical (unpaired) electrons. The second-order valence-corrected chi connectivity index (χ2v) is 15.9. The van der Waals surface area contributed by atoms with Crippen LogP contribution in [0.2, 0.25) is 0 Å². The Morgan fingerprint density at radius 2 is 1.30 bits per heavy atom. The number of aromatic amines is 1. The number of para-hydroxylation sites is 2. The molecule has 21 heteroatoms. The zero-order valence-corrected chi connectivity index (χ0v) is 31.9. The minimum Gasteiger partial charge on any atom is -0.462 e. The summed E-state index contributed by atoms with van der Waals surface area (Å²) in [7, 11) is -9.76. The summed E-state index contributed by atoms with van der Waals surface area (Å²) >= 11 is 0. The highest BCUT2D eigenvalue weighted by Gasteiger charge is 2.64. The van der Waals surface area contributed by atoms with Crippen molar-refractivity contribution in [1.82, 2.24) is 19.7 Å². The van der Waals surface area contributed by atoms with Crippen molar-refractivity contribution in [2.45, 2.75) is 90.2 Å².